The maximum Gasteiger partial charge on any atom is 0.318 e. The van der Waals surface area contributed by atoms with E-state index in [9.17, 15) is 18.8 Å². The van der Waals surface area contributed by atoms with E-state index in [1.807, 2.05) is 0 Å². The van der Waals surface area contributed by atoms with Gasteiger partial charge in [-0.15, -0.1) is 0 Å². The number of nitrogens with zero attached hydrogens (tertiary/aromatic N) is 2. The Morgan fingerprint density at radius 3 is 2.53 bits per heavy atom. The first-order chi connectivity index (χ1) is 14.2. The summed E-state index contributed by atoms with van der Waals surface area (Å²) in [7, 11) is 0. The molecule has 9 heteroatoms. The Morgan fingerprint density at radius 1 is 1.20 bits per heavy atom. The Balaban J connectivity index is 2.21. The van der Waals surface area contributed by atoms with Gasteiger partial charge in [0, 0.05) is 0 Å². The number of benzene rings is 2. The zero-order valence-electron chi connectivity index (χ0n) is 16.7. The molecule has 156 valence electrons. The van der Waals surface area contributed by atoms with Gasteiger partial charge in [-0.05, 0) is 42.7 Å². The number of aryl methyl sites for hydroxylation is 1. The molecule has 0 radical (unpaired) electrons. The number of amides is 3. The molecule has 3 N–H and O–H groups in total. The average Bonchev–Trinajstić information content (AvgIpc) is 2.67. The molecule has 1 aromatic heterocycles. The largest absolute Gasteiger partial charge is 0.351 e. The third-order valence-corrected chi connectivity index (χ3v) is 6.00. The lowest BCUT2D eigenvalue weighted by molar-refractivity contribution is -0.120. The summed E-state index contributed by atoms with van der Waals surface area (Å²) < 4.78 is 15.5. The fraction of sp³-hybridized carbons (Fsp3) is 0.238. The zero-order valence-corrected chi connectivity index (χ0v) is 17.5. The van der Waals surface area contributed by atoms with Gasteiger partial charge in [-0.2, -0.15) is 0 Å². The summed E-state index contributed by atoms with van der Waals surface area (Å²) in [6.07, 6.45) is 0. The van der Waals surface area contributed by atoms with E-state index >= 15 is 0 Å². The molecule has 7 nitrogen and oxygen atoms in total. The van der Waals surface area contributed by atoms with Crippen LogP contribution in [0.5, 0.6) is 0 Å². The van der Waals surface area contributed by atoms with E-state index in [4.69, 9.17) is 5.73 Å². The SMILES string of the molecule is Cc1ccc(-n2c(SC(C(=O)NC(N)=O)C(C)C)nc3ccccc3c2=O)cc1F. The van der Waals surface area contributed by atoms with Crippen LogP contribution < -0.4 is 16.6 Å². The fourth-order valence-electron chi connectivity index (χ4n) is 2.94. The van der Waals surface area contributed by atoms with Crippen LogP contribution in [-0.2, 0) is 4.79 Å². The summed E-state index contributed by atoms with van der Waals surface area (Å²) in [5, 5.41) is 1.89. The molecule has 1 atom stereocenters. The van der Waals surface area contributed by atoms with Gasteiger partial charge < -0.3 is 5.73 Å². The minimum Gasteiger partial charge on any atom is -0.351 e. The highest BCUT2D eigenvalue weighted by atomic mass is 32.2. The summed E-state index contributed by atoms with van der Waals surface area (Å²) in [5.41, 5.74) is 5.88. The van der Waals surface area contributed by atoms with E-state index < -0.39 is 23.0 Å². The Hall–Kier alpha value is -3.20. The Bertz CT molecular complexity index is 1190. The van der Waals surface area contributed by atoms with Crippen LogP contribution in [0.25, 0.3) is 16.6 Å². The molecule has 0 aliphatic carbocycles. The lowest BCUT2D eigenvalue weighted by Crippen LogP contribution is -2.42. The summed E-state index contributed by atoms with van der Waals surface area (Å²) in [6.45, 7) is 5.22. The van der Waals surface area contributed by atoms with E-state index in [1.165, 1.54) is 10.6 Å². The third-order valence-electron chi connectivity index (χ3n) is 4.50. The number of hydrogen-bond donors (Lipinski definition) is 2. The Kier molecular flexibility index (Phi) is 6.21. The van der Waals surface area contributed by atoms with Crippen LogP contribution in [0, 0.1) is 18.7 Å². The number of nitrogens with one attached hydrogen (secondary N) is 1. The van der Waals surface area contributed by atoms with Gasteiger partial charge in [-0.3, -0.25) is 19.5 Å². The maximum absolute atomic E-state index is 14.2. The number of aromatic nitrogens is 2. The van der Waals surface area contributed by atoms with Gasteiger partial charge in [-0.1, -0.05) is 43.8 Å². The normalized spacial score (nSPS) is 12.2. The van der Waals surface area contributed by atoms with Gasteiger partial charge in [0.2, 0.25) is 5.91 Å². The average molecular weight is 428 g/mol. The Labute approximate surface area is 176 Å². The van der Waals surface area contributed by atoms with Gasteiger partial charge >= 0.3 is 6.03 Å². The Morgan fingerprint density at radius 2 is 1.90 bits per heavy atom. The van der Waals surface area contributed by atoms with Crippen molar-refractivity contribution >= 4 is 34.6 Å². The van der Waals surface area contributed by atoms with Gasteiger partial charge in [0.25, 0.3) is 5.56 Å². The first-order valence-electron chi connectivity index (χ1n) is 9.24. The van der Waals surface area contributed by atoms with Crippen molar-refractivity contribution in [3.8, 4) is 5.69 Å². The second-order valence-electron chi connectivity index (χ2n) is 7.12. The van der Waals surface area contributed by atoms with Crippen molar-refractivity contribution < 1.29 is 14.0 Å². The summed E-state index contributed by atoms with van der Waals surface area (Å²) >= 11 is 1.02. The van der Waals surface area contributed by atoms with Crippen molar-refractivity contribution in [2.75, 3.05) is 0 Å². The number of urea groups is 1. The first-order valence-corrected chi connectivity index (χ1v) is 10.1. The van der Waals surface area contributed by atoms with E-state index in [-0.39, 0.29) is 16.6 Å². The second kappa shape index (κ2) is 8.66. The summed E-state index contributed by atoms with van der Waals surface area (Å²) in [6, 6.07) is 10.3. The molecule has 0 aliphatic heterocycles. The summed E-state index contributed by atoms with van der Waals surface area (Å²) in [4.78, 5) is 41.4. The molecule has 0 spiro atoms. The van der Waals surface area contributed by atoms with Gasteiger partial charge in [0.05, 0.1) is 21.8 Å². The molecule has 0 saturated heterocycles. The monoisotopic (exact) mass is 428 g/mol. The molecule has 2 aromatic carbocycles. The van der Waals surface area contributed by atoms with Gasteiger partial charge in [-0.25, -0.2) is 14.2 Å². The molecule has 0 aliphatic rings. The number of carbonyl (C=O) groups excluding carboxylic acids is 2. The number of halogens is 1. The van der Waals surface area contributed by atoms with Crippen molar-refractivity contribution in [2.24, 2.45) is 11.7 Å². The molecule has 1 unspecified atom stereocenters. The van der Waals surface area contributed by atoms with Crippen LogP contribution in [0.2, 0.25) is 0 Å². The van der Waals surface area contributed by atoms with Crippen molar-refractivity contribution in [3.05, 3.63) is 64.2 Å². The van der Waals surface area contributed by atoms with Crippen LogP contribution in [0.3, 0.4) is 0 Å². The number of para-hydroxylation sites is 1. The molecular formula is C21H21FN4O3S. The number of rotatable bonds is 5. The lowest BCUT2D eigenvalue weighted by Gasteiger charge is -2.21. The van der Waals surface area contributed by atoms with E-state index in [1.54, 1.807) is 57.2 Å². The number of carbonyl (C=O) groups is 2. The molecule has 3 amide bonds. The maximum atomic E-state index is 14.2. The van der Waals surface area contributed by atoms with Crippen LogP contribution in [0.15, 0.2) is 52.4 Å². The lowest BCUT2D eigenvalue weighted by atomic mass is 10.1. The van der Waals surface area contributed by atoms with Crippen LogP contribution in [0.4, 0.5) is 9.18 Å². The number of imide groups is 1. The number of fused-ring (bicyclic) bond motifs is 1. The summed E-state index contributed by atoms with van der Waals surface area (Å²) in [5.74, 6) is -1.26. The highest BCUT2D eigenvalue weighted by Gasteiger charge is 2.27. The predicted molar refractivity (Wildman–Crippen MR) is 114 cm³/mol. The minimum absolute atomic E-state index is 0.207. The predicted octanol–water partition coefficient (Wildman–Crippen LogP) is 3.14. The number of primary amides is 1. The second-order valence-corrected chi connectivity index (χ2v) is 8.23. The van der Waals surface area contributed by atoms with Crippen LogP contribution in [0.1, 0.15) is 19.4 Å². The molecular weight excluding hydrogens is 407 g/mol. The third kappa shape index (κ3) is 4.35. The van der Waals surface area contributed by atoms with E-state index in [0.29, 0.717) is 22.2 Å². The molecule has 0 fully saturated rings. The number of thioether (sulfide) groups is 1. The first kappa shape index (κ1) is 21.5. The molecule has 3 aromatic rings. The molecule has 3 rings (SSSR count). The quantitative estimate of drug-likeness (QED) is 0.480. The van der Waals surface area contributed by atoms with Crippen molar-refractivity contribution in [2.45, 2.75) is 31.2 Å². The highest BCUT2D eigenvalue weighted by Crippen LogP contribution is 2.29. The molecule has 0 bridgehead atoms. The van der Waals surface area contributed by atoms with Crippen molar-refractivity contribution in [3.63, 3.8) is 0 Å². The van der Waals surface area contributed by atoms with Crippen LogP contribution in [-0.4, -0.2) is 26.7 Å². The number of nitrogens with two attached hydrogens (primary N) is 1. The van der Waals surface area contributed by atoms with E-state index in [0.717, 1.165) is 11.8 Å². The fourth-order valence-corrected chi connectivity index (χ4v) is 4.05. The smallest absolute Gasteiger partial charge is 0.318 e. The molecule has 30 heavy (non-hydrogen) atoms. The molecule has 1 heterocycles. The van der Waals surface area contributed by atoms with Gasteiger partial charge in [0.15, 0.2) is 5.16 Å². The van der Waals surface area contributed by atoms with Gasteiger partial charge in [0.1, 0.15) is 5.82 Å². The van der Waals surface area contributed by atoms with Crippen molar-refractivity contribution in [1.82, 2.24) is 14.9 Å². The molecule has 0 saturated carbocycles. The topological polar surface area (TPSA) is 107 Å². The van der Waals surface area contributed by atoms with Crippen LogP contribution >= 0.6 is 11.8 Å². The van der Waals surface area contributed by atoms with E-state index in [2.05, 4.69) is 10.3 Å². The minimum atomic E-state index is -0.962. The highest BCUT2D eigenvalue weighted by molar-refractivity contribution is 8.00. The zero-order chi connectivity index (χ0) is 22.0. The van der Waals surface area contributed by atoms with Crippen molar-refractivity contribution in [1.29, 1.82) is 0 Å². The number of hydrogen-bond acceptors (Lipinski definition) is 5. The standard InChI is InChI=1S/C21H21FN4O3S/c1-11(2)17(18(27)25-20(23)29)30-21-24-16-7-5-4-6-14(16)19(28)26(21)13-9-8-12(3)15(22)10-13/h4-11,17H,1-3H3,(H3,23,25,27,29).